The minimum Gasteiger partial charge on any atom is -0.362 e. The summed E-state index contributed by atoms with van der Waals surface area (Å²) in [6.07, 6.45) is 2.30. The van der Waals surface area contributed by atoms with Crippen molar-refractivity contribution in [3.8, 4) is 0 Å². The summed E-state index contributed by atoms with van der Waals surface area (Å²) >= 11 is 0. The fraction of sp³-hybridized carbons (Fsp3) is 0.273. The molecule has 1 unspecified atom stereocenters. The molecule has 0 bridgehead atoms. The van der Waals surface area contributed by atoms with Crippen molar-refractivity contribution in [1.82, 2.24) is 5.32 Å². The number of carbonyl (C=O) groups excluding carboxylic acids is 2. The van der Waals surface area contributed by atoms with Gasteiger partial charge in [0, 0.05) is 34.9 Å². The summed E-state index contributed by atoms with van der Waals surface area (Å²) in [6, 6.07) is 14.3. The predicted molar refractivity (Wildman–Crippen MR) is 99.1 cm³/mol. The van der Waals surface area contributed by atoms with E-state index in [2.05, 4.69) is 29.6 Å². The van der Waals surface area contributed by atoms with Crippen LogP contribution in [0.4, 0.5) is 0 Å². The summed E-state index contributed by atoms with van der Waals surface area (Å²) in [5.41, 5.74) is 4.42. The third-order valence-electron chi connectivity index (χ3n) is 5.29. The summed E-state index contributed by atoms with van der Waals surface area (Å²) in [6.45, 7) is 3.54. The summed E-state index contributed by atoms with van der Waals surface area (Å²) in [5.74, 6) is -0.0848. The van der Waals surface area contributed by atoms with E-state index >= 15 is 0 Å². The summed E-state index contributed by atoms with van der Waals surface area (Å²) in [7, 11) is 0. The van der Waals surface area contributed by atoms with Crippen LogP contribution in [0.3, 0.4) is 0 Å². The van der Waals surface area contributed by atoms with Gasteiger partial charge in [0.1, 0.15) is 0 Å². The number of dihydropyridines is 1. The zero-order valence-corrected chi connectivity index (χ0v) is 14.6. The minimum atomic E-state index is -0.271. The van der Waals surface area contributed by atoms with E-state index in [9.17, 15) is 9.59 Å². The SMILES string of the molecule is CC(=O)C1=C(C)NC2=C(C(=O)CCC2)C1c1cccc2ccccc12. The van der Waals surface area contributed by atoms with E-state index in [1.807, 2.05) is 25.1 Å². The van der Waals surface area contributed by atoms with Gasteiger partial charge >= 0.3 is 0 Å². The Bertz CT molecular complexity index is 960. The van der Waals surface area contributed by atoms with Crippen LogP contribution in [0.2, 0.25) is 0 Å². The molecular formula is C22H21NO2. The maximum atomic E-state index is 12.8. The predicted octanol–water partition coefficient (Wildman–Crippen LogP) is 4.40. The first-order valence-corrected chi connectivity index (χ1v) is 8.80. The first kappa shape index (κ1) is 15.8. The second-order valence-electron chi connectivity index (χ2n) is 6.89. The van der Waals surface area contributed by atoms with Crippen molar-refractivity contribution < 1.29 is 9.59 Å². The highest BCUT2D eigenvalue weighted by Gasteiger charge is 2.37. The Hall–Kier alpha value is -2.68. The molecule has 1 aliphatic carbocycles. The van der Waals surface area contributed by atoms with Gasteiger partial charge < -0.3 is 5.32 Å². The van der Waals surface area contributed by atoms with Crippen molar-refractivity contribution in [3.63, 3.8) is 0 Å². The summed E-state index contributed by atoms with van der Waals surface area (Å²) in [4.78, 5) is 25.3. The van der Waals surface area contributed by atoms with Crippen LogP contribution in [-0.2, 0) is 9.59 Å². The van der Waals surface area contributed by atoms with Gasteiger partial charge in [0.15, 0.2) is 11.6 Å². The van der Waals surface area contributed by atoms with E-state index in [0.717, 1.165) is 46.1 Å². The number of nitrogens with one attached hydrogen (secondary N) is 1. The van der Waals surface area contributed by atoms with Crippen LogP contribution >= 0.6 is 0 Å². The van der Waals surface area contributed by atoms with Gasteiger partial charge in [-0.3, -0.25) is 9.59 Å². The van der Waals surface area contributed by atoms with Gasteiger partial charge in [-0.15, -0.1) is 0 Å². The second kappa shape index (κ2) is 5.99. The van der Waals surface area contributed by atoms with Gasteiger partial charge in [-0.2, -0.15) is 0 Å². The van der Waals surface area contributed by atoms with E-state index < -0.39 is 0 Å². The zero-order valence-electron chi connectivity index (χ0n) is 14.6. The number of Topliss-reactive ketones (excluding diaryl/α,β-unsaturated/α-hetero) is 2. The van der Waals surface area contributed by atoms with Crippen LogP contribution in [0.25, 0.3) is 10.8 Å². The molecule has 2 aromatic rings. The van der Waals surface area contributed by atoms with Gasteiger partial charge in [-0.05, 0) is 43.0 Å². The van der Waals surface area contributed by atoms with Gasteiger partial charge in [-0.25, -0.2) is 0 Å². The fourth-order valence-corrected chi connectivity index (χ4v) is 4.26. The lowest BCUT2D eigenvalue weighted by Gasteiger charge is -2.34. The fourth-order valence-electron chi connectivity index (χ4n) is 4.26. The number of hydrogen-bond acceptors (Lipinski definition) is 3. The number of fused-ring (bicyclic) bond motifs is 1. The van der Waals surface area contributed by atoms with Crippen molar-refractivity contribution in [2.24, 2.45) is 0 Å². The lowest BCUT2D eigenvalue weighted by molar-refractivity contribution is -0.116. The Balaban J connectivity index is 2.02. The van der Waals surface area contributed by atoms with Gasteiger partial charge in [0.05, 0.1) is 0 Å². The van der Waals surface area contributed by atoms with Crippen LogP contribution in [0.5, 0.6) is 0 Å². The third-order valence-corrected chi connectivity index (χ3v) is 5.29. The normalized spacial score (nSPS) is 20.6. The number of ketones is 2. The van der Waals surface area contributed by atoms with E-state index in [-0.39, 0.29) is 17.5 Å². The molecule has 1 N–H and O–H groups in total. The molecule has 0 amide bonds. The molecule has 0 aromatic heterocycles. The highest BCUT2D eigenvalue weighted by atomic mass is 16.1. The average Bonchev–Trinajstić information content (AvgIpc) is 2.60. The maximum absolute atomic E-state index is 12.8. The van der Waals surface area contributed by atoms with Crippen LogP contribution in [0, 0.1) is 0 Å². The minimum absolute atomic E-state index is 0.0212. The van der Waals surface area contributed by atoms with Crippen molar-refractivity contribution in [2.75, 3.05) is 0 Å². The lowest BCUT2D eigenvalue weighted by atomic mass is 9.73. The second-order valence-corrected chi connectivity index (χ2v) is 6.89. The van der Waals surface area contributed by atoms with E-state index in [4.69, 9.17) is 0 Å². The molecule has 1 aliphatic heterocycles. The van der Waals surface area contributed by atoms with Crippen molar-refractivity contribution in [3.05, 3.63) is 70.6 Å². The molecule has 0 fully saturated rings. The molecule has 2 aliphatic rings. The molecule has 0 saturated heterocycles. The quantitative estimate of drug-likeness (QED) is 0.887. The van der Waals surface area contributed by atoms with Crippen LogP contribution in [-0.4, -0.2) is 11.6 Å². The van der Waals surface area contributed by atoms with E-state index in [0.29, 0.717) is 12.0 Å². The maximum Gasteiger partial charge on any atom is 0.161 e. The topological polar surface area (TPSA) is 46.2 Å². The molecule has 0 spiro atoms. The molecule has 25 heavy (non-hydrogen) atoms. The Morgan fingerprint density at radius 3 is 2.64 bits per heavy atom. The number of allylic oxidation sites excluding steroid dienone is 4. The Kier molecular flexibility index (Phi) is 3.79. The smallest absolute Gasteiger partial charge is 0.161 e. The largest absolute Gasteiger partial charge is 0.362 e. The van der Waals surface area contributed by atoms with Crippen molar-refractivity contribution in [1.29, 1.82) is 0 Å². The molecule has 3 heteroatoms. The Morgan fingerprint density at radius 2 is 1.84 bits per heavy atom. The Morgan fingerprint density at radius 1 is 1.08 bits per heavy atom. The molecule has 126 valence electrons. The molecule has 1 heterocycles. The lowest BCUT2D eigenvalue weighted by Crippen LogP contribution is -2.33. The molecule has 0 radical (unpaired) electrons. The third kappa shape index (κ3) is 2.51. The molecule has 4 rings (SSSR count). The Labute approximate surface area is 147 Å². The van der Waals surface area contributed by atoms with Gasteiger partial charge in [0.2, 0.25) is 0 Å². The highest BCUT2D eigenvalue weighted by molar-refractivity contribution is 6.06. The average molecular weight is 331 g/mol. The highest BCUT2D eigenvalue weighted by Crippen LogP contribution is 2.44. The molecular weight excluding hydrogens is 310 g/mol. The first-order chi connectivity index (χ1) is 12.1. The first-order valence-electron chi connectivity index (χ1n) is 8.80. The van der Waals surface area contributed by atoms with E-state index in [1.165, 1.54) is 0 Å². The van der Waals surface area contributed by atoms with Crippen molar-refractivity contribution >= 4 is 22.3 Å². The number of benzene rings is 2. The molecule has 2 aromatic carbocycles. The molecule has 3 nitrogen and oxygen atoms in total. The van der Waals surface area contributed by atoms with Crippen LogP contribution in [0.1, 0.15) is 44.6 Å². The van der Waals surface area contributed by atoms with Gasteiger partial charge in [-0.1, -0.05) is 42.5 Å². The van der Waals surface area contributed by atoms with Crippen LogP contribution < -0.4 is 5.32 Å². The molecule has 0 saturated carbocycles. The number of hydrogen-bond donors (Lipinski definition) is 1. The standard InChI is InChI=1S/C22H21NO2/c1-13-20(14(2)24)21(22-18(23-13)11-6-12-19(22)25)17-10-5-8-15-7-3-4-9-16(15)17/h3-5,7-10,21,23H,6,11-12H2,1-2H3. The molecule has 1 atom stereocenters. The van der Waals surface area contributed by atoms with Crippen molar-refractivity contribution in [2.45, 2.75) is 39.0 Å². The zero-order chi connectivity index (χ0) is 17.6. The van der Waals surface area contributed by atoms with Gasteiger partial charge in [0.25, 0.3) is 0 Å². The number of rotatable bonds is 2. The monoisotopic (exact) mass is 331 g/mol. The summed E-state index contributed by atoms with van der Waals surface area (Å²) in [5, 5.41) is 5.58. The van der Waals surface area contributed by atoms with Crippen LogP contribution in [0.15, 0.2) is 65.0 Å². The van der Waals surface area contributed by atoms with E-state index in [1.54, 1.807) is 6.92 Å². The summed E-state index contributed by atoms with van der Waals surface area (Å²) < 4.78 is 0. The number of carbonyl (C=O) groups is 2.